The minimum absolute atomic E-state index is 0.112. The van der Waals surface area contributed by atoms with E-state index in [1.807, 2.05) is 0 Å². The fraction of sp³-hybridized carbons (Fsp3) is 0. The first-order valence-electron chi connectivity index (χ1n) is 6.62. The number of hydrogen-bond acceptors (Lipinski definition) is 5. The van der Waals surface area contributed by atoms with Crippen molar-refractivity contribution in [2.45, 2.75) is 0 Å². The predicted octanol–water partition coefficient (Wildman–Crippen LogP) is 4.49. The lowest BCUT2D eigenvalue weighted by Crippen LogP contribution is -2.02. The molecule has 0 bridgehead atoms. The van der Waals surface area contributed by atoms with Crippen LogP contribution in [0.3, 0.4) is 0 Å². The van der Waals surface area contributed by atoms with Crippen LogP contribution in [0.5, 0.6) is 0 Å². The number of anilines is 3. The Bertz CT molecular complexity index is 864. The van der Waals surface area contributed by atoms with Crippen LogP contribution in [0, 0.1) is 5.82 Å². The Balaban J connectivity index is 1.86. The van der Waals surface area contributed by atoms with Crippen molar-refractivity contribution in [2.24, 2.45) is 0 Å². The molecule has 0 unspecified atom stereocenters. The molecule has 3 aromatic rings. The third-order valence-corrected chi connectivity index (χ3v) is 4.28. The van der Waals surface area contributed by atoms with Gasteiger partial charge in [0, 0.05) is 16.3 Å². The van der Waals surface area contributed by atoms with Gasteiger partial charge in [0.05, 0.1) is 0 Å². The second-order valence-corrected chi connectivity index (χ2v) is 6.14. The third kappa shape index (κ3) is 3.49. The molecule has 3 rings (SSSR count). The van der Waals surface area contributed by atoms with E-state index in [1.54, 1.807) is 24.3 Å². The largest absolute Gasteiger partial charge is 0.382 e. The maximum absolute atomic E-state index is 13.3. The molecule has 3 N–H and O–H groups in total. The van der Waals surface area contributed by atoms with Crippen LogP contribution in [0.4, 0.5) is 21.0 Å². The van der Waals surface area contributed by atoms with Crippen molar-refractivity contribution in [2.75, 3.05) is 11.1 Å². The smallest absolute Gasteiger partial charge is 0.206 e. The Kier molecular flexibility index (Phi) is 4.27. The molecule has 0 aliphatic carbocycles. The van der Waals surface area contributed by atoms with Gasteiger partial charge in [-0.05, 0) is 36.4 Å². The summed E-state index contributed by atoms with van der Waals surface area (Å²) < 4.78 is 13.3. The van der Waals surface area contributed by atoms with Crippen molar-refractivity contribution in [3.8, 4) is 0 Å². The summed E-state index contributed by atoms with van der Waals surface area (Å²) in [7, 11) is 0. The zero-order valence-corrected chi connectivity index (χ0v) is 13.3. The van der Waals surface area contributed by atoms with Gasteiger partial charge in [-0.25, -0.2) is 9.37 Å². The number of halogens is 2. The van der Waals surface area contributed by atoms with Gasteiger partial charge in [0.2, 0.25) is 5.78 Å². The van der Waals surface area contributed by atoms with Crippen molar-refractivity contribution in [3.05, 3.63) is 69.8 Å². The Hall–Kier alpha value is -2.44. The zero-order valence-electron chi connectivity index (χ0n) is 11.7. The maximum atomic E-state index is 13.3. The quantitative estimate of drug-likeness (QED) is 0.682. The number of ketones is 1. The number of carbonyl (C=O) groups is 1. The zero-order chi connectivity index (χ0) is 16.4. The summed E-state index contributed by atoms with van der Waals surface area (Å²) in [6, 6.07) is 12.5. The van der Waals surface area contributed by atoms with E-state index in [2.05, 4.69) is 10.3 Å². The summed E-state index contributed by atoms with van der Waals surface area (Å²) in [5.41, 5.74) is 6.82. The molecule has 0 saturated heterocycles. The van der Waals surface area contributed by atoms with Crippen molar-refractivity contribution >= 4 is 45.4 Å². The number of hydrogen-bond donors (Lipinski definition) is 2. The van der Waals surface area contributed by atoms with E-state index in [-0.39, 0.29) is 22.0 Å². The number of aromatic nitrogens is 1. The molecule has 0 saturated carbocycles. The molecule has 0 fully saturated rings. The Morgan fingerprint density at radius 3 is 2.65 bits per heavy atom. The molecule has 0 aliphatic heterocycles. The Labute approximate surface area is 140 Å². The molecule has 4 nitrogen and oxygen atoms in total. The standard InChI is InChI=1S/C16H11ClFN3OS/c17-10-4-6-12(7-5-10)20-16-21-15(19)14(23-16)13(22)9-2-1-3-11(18)8-9/h1-8H,19H2,(H,20,21). The highest BCUT2D eigenvalue weighted by atomic mass is 35.5. The van der Waals surface area contributed by atoms with Crippen LogP contribution < -0.4 is 11.1 Å². The Morgan fingerprint density at radius 2 is 1.96 bits per heavy atom. The topological polar surface area (TPSA) is 68.0 Å². The molecular formula is C16H11ClFN3OS. The highest BCUT2D eigenvalue weighted by Crippen LogP contribution is 2.30. The number of benzene rings is 2. The van der Waals surface area contributed by atoms with Crippen LogP contribution in [-0.2, 0) is 0 Å². The summed E-state index contributed by atoms with van der Waals surface area (Å²) in [6.07, 6.45) is 0. The predicted molar refractivity (Wildman–Crippen MR) is 91.1 cm³/mol. The number of carbonyl (C=O) groups excluding carboxylic acids is 1. The van der Waals surface area contributed by atoms with E-state index >= 15 is 0 Å². The minimum atomic E-state index is -0.474. The fourth-order valence-electron chi connectivity index (χ4n) is 1.97. The molecule has 0 atom stereocenters. The third-order valence-electron chi connectivity index (χ3n) is 3.04. The number of rotatable bonds is 4. The van der Waals surface area contributed by atoms with E-state index in [0.29, 0.717) is 10.2 Å². The molecule has 2 aromatic carbocycles. The summed E-state index contributed by atoms with van der Waals surface area (Å²) in [4.78, 5) is 16.8. The van der Waals surface area contributed by atoms with E-state index in [1.165, 1.54) is 24.3 Å². The maximum Gasteiger partial charge on any atom is 0.206 e. The van der Waals surface area contributed by atoms with Gasteiger partial charge in [-0.2, -0.15) is 0 Å². The number of nitrogens with one attached hydrogen (secondary N) is 1. The van der Waals surface area contributed by atoms with Gasteiger partial charge < -0.3 is 11.1 Å². The monoisotopic (exact) mass is 347 g/mol. The van der Waals surface area contributed by atoms with Crippen molar-refractivity contribution in [3.63, 3.8) is 0 Å². The van der Waals surface area contributed by atoms with E-state index in [9.17, 15) is 9.18 Å². The number of nitrogen functional groups attached to an aromatic ring is 1. The van der Waals surface area contributed by atoms with Crippen molar-refractivity contribution in [1.29, 1.82) is 0 Å². The first-order chi connectivity index (χ1) is 11.0. The summed E-state index contributed by atoms with van der Waals surface area (Å²) in [6.45, 7) is 0. The van der Waals surface area contributed by atoms with Crippen molar-refractivity contribution < 1.29 is 9.18 Å². The highest BCUT2D eigenvalue weighted by molar-refractivity contribution is 7.18. The Morgan fingerprint density at radius 1 is 1.22 bits per heavy atom. The average molecular weight is 348 g/mol. The van der Waals surface area contributed by atoms with Crippen LogP contribution in [0.15, 0.2) is 48.5 Å². The number of nitrogens with zero attached hydrogens (tertiary/aromatic N) is 1. The fourth-order valence-corrected chi connectivity index (χ4v) is 2.96. The highest BCUT2D eigenvalue weighted by Gasteiger charge is 2.18. The molecule has 0 aliphatic rings. The van der Waals surface area contributed by atoms with Crippen LogP contribution in [-0.4, -0.2) is 10.8 Å². The molecule has 0 amide bonds. The molecule has 7 heteroatoms. The second-order valence-electron chi connectivity index (χ2n) is 4.70. The van der Waals surface area contributed by atoms with Crippen LogP contribution in [0.1, 0.15) is 15.2 Å². The molecule has 0 spiro atoms. The summed E-state index contributed by atoms with van der Waals surface area (Å²) in [5, 5.41) is 4.15. The van der Waals surface area contributed by atoms with E-state index in [0.717, 1.165) is 17.0 Å². The molecular weight excluding hydrogens is 337 g/mol. The van der Waals surface area contributed by atoms with E-state index < -0.39 is 5.82 Å². The van der Waals surface area contributed by atoms with Crippen LogP contribution >= 0.6 is 22.9 Å². The number of nitrogens with two attached hydrogens (primary N) is 1. The summed E-state index contributed by atoms with van der Waals surface area (Å²) >= 11 is 6.95. The minimum Gasteiger partial charge on any atom is -0.382 e. The van der Waals surface area contributed by atoms with Gasteiger partial charge in [-0.15, -0.1) is 0 Å². The lowest BCUT2D eigenvalue weighted by Gasteiger charge is -2.01. The van der Waals surface area contributed by atoms with Gasteiger partial charge in [-0.1, -0.05) is 35.1 Å². The lowest BCUT2D eigenvalue weighted by atomic mass is 10.1. The van der Waals surface area contributed by atoms with Gasteiger partial charge >= 0.3 is 0 Å². The first kappa shape index (κ1) is 15.5. The molecule has 0 radical (unpaired) electrons. The van der Waals surface area contributed by atoms with Crippen molar-refractivity contribution in [1.82, 2.24) is 4.98 Å². The summed E-state index contributed by atoms with van der Waals surface area (Å²) in [5.74, 6) is -0.720. The SMILES string of the molecule is Nc1nc(Nc2ccc(Cl)cc2)sc1C(=O)c1cccc(F)c1. The van der Waals surface area contributed by atoms with Crippen LogP contribution in [0.25, 0.3) is 0 Å². The second kappa shape index (κ2) is 6.36. The van der Waals surface area contributed by atoms with Gasteiger partial charge in [-0.3, -0.25) is 4.79 Å². The first-order valence-corrected chi connectivity index (χ1v) is 7.81. The average Bonchev–Trinajstić information content (AvgIpc) is 2.89. The molecule has 23 heavy (non-hydrogen) atoms. The van der Waals surface area contributed by atoms with Crippen LogP contribution in [0.2, 0.25) is 5.02 Å². The molecule has 1 heterocycles. The van der Waals surface area contributed by atoms with Gasteiger partial charge in [0.15, 0.2) is 5.13 Å². The van der Waals surface area contributed by atoms with Gasteiger partial charge in [0.25, 0.3) is 0 Å². The lowest BCUT2D eigenvalue weighted by molar-refractivity contribution is 0.104. The molecule has 1 aromatic heterocycles. The molecule has 116 valence electrons. The normalized spacial score (nSPS) is 10.5. The number of thiazole rings is 1. The van der Waals surface area contributed by atoms with E-state index in [4.69, 9.17) is 17.3 Å². The van der Waals surface area contributed by atoms with Gasteiger partial charge in [0.1, 0.15) is 16.5 Å².